The second-order valence-electron chi connectivity index (χ2n) is 8.30. The third kappa shape index (κ3) is 3.21. The highest BCUT2D eigenvalue weighted by atomic mass is 16.1. The zero-order chi connectivity index (χ0) is 19.7. The Kier molecular flexibility index (Phi) is 5.43. The average Bonchev–Trinajstić information content (AvgIpc) is 2.92. The number of allylic oxidation sites excluding steroid dienone is 3. The Labute approximate surface area is 168 Å². The van der Waals surface area contributed by atoms with Crippen molar-refractivity contribution in [2.75, 3.05) is 7.05 Å². The molecule has 1 aliphatic carbocycles. The van der Waals surface area contributed by atoms with Crippen LogP contribution in [0.5, 0.6) is 0 Å². The molecule has 1 aliphatic heterocycles. The van der Waals surface area contributed by atoms with Crippen LogP contribution in [0.3, 0.4) is 0 Å². The molecule has 1 fully saturated rings. The number of hydrogen-bond acceptors (Lipinski definition) is 2. The topological polar surface area (TPSA) is 34.0 Å². The van der Waals surface area contributed by atoms with Crippen LogP contribution >= 0.6 is 0 Å². The molecular weight excluding hydrogens is 344 g/mol. The fraction of sp³-hybridized carbons (Fsp3) is 0.480. The Morgan fingerprint density at radius 1 is 1.18 bits per heavy atom. The van der Waals surface area contributed by atoms with E-state index in [-0.39, 0.29) is 5.78 Å². The molecule has 0 unspecified atom stereocenters. The molecule has 2 aliphatic rings. The van der Waals surface area contributed by atoms with Gasteiger partial charge < -0.3 is 9.88 Å². The summed E-state index contributed by atoms with van der Waals surface area (Å²) >= 11 is 0. The number of benzene rings is 1. The lowest BCUT2D eigenvalue weighted by Gasteiger charge is -2.24. The molecule has 3 heteroatoms. The molecule has 1 saturated carbocycles. The van der Waals surface area contributed by atoms with E-state index in [1.807, 2.05) is 13.1 Å². The summed E-state index contributed by atoms with van der Waals surface area (Å²) in [6.07, 6.45) is 13.3. The number of rotatable bonds is 3. The molecule has 0 atom stereocenters. The Balaban J connectivity index is 2.04. The fourth-order valence-corrected chi connectivity index (χ4v) is 5.24. The number of hydrogen-bond donors (Lipinski definition) is 1. The number of fused-ring (bicyclic) bond motifs is 3. The van der Waals surface area contributed by atoms with Crippen LogP contribution in [0, 0.1) is 0 Å². The first kappa shape index (κ1) is 19.0. The molecular formula is C25H32N2O. The molecule has 0 amide bonds. The number of aryl methyl sites for hydroxylation is 1. The fourth-order valence-electron chi connectivity index (χ4n) is 5.24. The van der Waals surface area contributed by atoms with Crippen molar-refractivity contribution in [1.29, 1.82) is 0 Å². The lowest BCUT2D eigenvalue weighted by molar-refractivity contribution is 0.101. The summed E-state index contributed by atoms with van der Waals surface area (Å²) in [7, 11) is 1.99. The standard InChI is InChI=1S/C25H32N2O/c1-4-18-11-8-14-27-23-15-20(17(2)28)12-13-21(23)24(19-9-6-5-7-10-19)25(27)22(18)16-26-3/h4,12-13,15-16,19,26H,5-11,14H2,1-3H3/b18-4-,22-16+. The molecule has 0 bridgehead atoms. The third-order valence-corrected chi connectivity index (χ3v) is 6.59. The van der Waals surface area contributed by atoms with Crippen molar-refractivity contribution in [3.05, 3.63) is 52.9 Å². The predicted octanol–water partition coefficient (Wildman–Crippen LogP) is 6.19. The van der Waals surface area contributed by atoms with E-state index in [9.17, 15) is 4.79 Å². The van der Waals surface area contributed by atoms with Gasteiger partial charge in [-0.25, -0.2) is 0 Å². The third-order valence-electron chi connectivity index (χ3n) is 6.59. The zero-order valence-corrected chi connectivity index (χ0v) is 17.5. The van der Waals surface area contributed by atoms with Crippen molar-refractivity contribution in [3.63, 3.8) is 0 Å². The van der Waals surface area contributed by atoms with Gasteiger partial charge in [0.15, 0.2) is 5.78 Å². The van der Waals surface area contributed by atoms with Gasteiger partial charge >= 0.3 is 0 Å². The van der Waals surface area contributed by atoms with Crippen LogP contribution < -0.4 is 5.32 Å². The molecule has 1 N–H and O–H groups in total. The van der Waals surface area contributed by atoms with Crippen LogP contribution in [-0.2, 0) is 6.54 Å². The maximum absolute atomic E-state index is 12.1. The molecule has 0 spiro atoms. The van der Waals surface area contributed by atoms with Crippen molar-refractivity contribution in [1.82, 2.24) is 9.88 Å². The summed E-state index contributed by atoms with van der Waals surface area (Å²) in [5, 5.41) is 4.66. The van der Waals surface area contributed by atoms with E-state index in [1.54, 1.807) is 6.92 Å². The zero-order valence-electron chi connectivity index (χ0n) is 17.5. The minimum absolute atomic E-state index is 0.144. The molecule has 0 radical (unpaired) electrons. The van der Waals surface area contributed by atoms with E-state index < -0.39 is 0 Å². The van der Waals surface area contributed by atoms with Gasteiger partial charge in [0.2, 0.25) is 0 Å². The normalized spacial score (nSPS) is 21.1. The molecule has 3 nitrogen and oxygen atoms in total. The molecule has 1 aromatic heterocycles. The first-order chi connectivity index (χ1) is 13.7. The van der Waals surface area contributed by atoms with Gasteiger partial charge in [-0.1, -0.05) is 37.5 Å². The second-order valence-corrected chi connectivity index (χ2v) is 8.30. The van der Waals surface area contributed by atoms with Gasteiger partial charge in [0.05, 0.1) is 5.69 Å². The SMILES string of the molecule is C/C=C1/CCCn2c(c(C3CCCCC3)c3ccc(C(C)=O)cc32)/C1=C/NC. The molecule has 148 valence electrons. The summed E-state index contributed by atoms with van der Waals surface area (Å²) in [4.78, 5) is 12.1. The van der Waals surface area contributed by atoms with Gasteiger partial charge in [-0.15, -0.1) is 0 Å². The minimum Gasteiger partial charge on any atom is -0.393 e. The van der Waals surface area contributed by atoms with Crippen LogP contribution in [0.25, 0.3) is 16.5 Å². The molecule has 2 aromatic rings. The van der Waals surface area contributed by atoms with Gasteiger partial charge in [-0.3, -0.25) is 4.79 Å². The summed E-state index contributed by atoms with van der Waals surface area (Å²) in [6, 6.07) is 6.37. The van der Waals surface area contributed by atoms with Crippen LogP contribution in [0.2, 0.25) is 0 Å². The average molecular weight is 377 g/mol. The maximum atomic E-state index is 12.1. The first-order valence-electron chi connectivity index (χ1n) is 10.9. The van der Waals surface area contributed by atoms with Crippen LogP contribution in [-0.4, -0.2) is 17.4 Å². The Bertz CT molecular complexity index is 955. The summed E-state index contributed by atoms with van der Waals surface area (Å²) in [5.41, 5.74) is 7.73. The van der Waals surface area contributed by atoms with Crippen LogP contribution in [0.4, 0.5) is 0 Å². The lowest BCUT2D eigenvalue weighted by atomic mass is 9.81. The maximum Gasteiger partial charge on any atom is 0.159 e. The van der Waals surface area contributed by atoms with Crippen LogP contribution in [0.15, 0.2) is 36.0 Å². The van der Waals surface area contributed by atoms with Gasteiger partial charge in [-0.05, 0) is 62.7 Å². The van der Waals surface area contributed by atoms with E-state index in [0.717, 1.165) is 24.9 Å². The smallest absolute Gasteiger partial charge is 0.159 e. The van der Waals surface area contributed by atoms with Crippen molar-refractivity contribution in [2.24, 2.45) is 0 Å². The van der Waals surface area contributed by atoms with Crippen molar-refractivity contribution in [2.45, 2.75) is 71.3 Å². The Hall–Kier alpha value is -2.29. The number of nitrogens with zero attached hydrogens (tertiary/aromatic N) is 1. The van der Waals surface area contributed by atoms with Crippen LogP contribution in [0.1, 0.15) is 86.3 Å². The first-order valence-corrected chi connectivity index (χ1v) is 10.9. The van der Waals surface area contributed by atoms with Crippen molar-refractivity contribution >= 4 is 22.3 Å². The van der Waals surface area contributed by atoms with Gasteiger partial charge in [0.1, 0.15) is 0 Å². The lowest BCUT2D eigenvalue weighted by Crippen LogP contribution is -2.10. The van der Waals surface area contributed by atoms with Crippen molar-refractivity contribution < 1.29 is 4.79 Å². The van der Waals surface area contributed by atoms with E-state index in [2.05, 4.69) is 41.2 Å². The van der Waals surface area contributed by atoms with Gasteiger partial charge in [0.25, 0.3) is 0 Å². The van der Waals surface area contributed by atoms with Gasteiger partial charge in [-0.2, -0.15) is 0 Å². The number of aromatic nitrogens is 1. The highest BCUT2D eigenvalue weighted by molar-refractivity contribution is 6.01. The van der Waals surface area contributed by atoms with E-state index >= 15 is 0 Å². The summed E-state index contributed by atoms with van der Waals surface area (Å²) in [5.74, 6) is 0.762. The second kappa shape index (κ2) is 7.98. The molecule has 28 heavy (non-hydrogen) atoms. The van der Waals surface area contributed by atoms with Crippen molar-refractivity contribution in [3.8, 4) is 0 Å². The molecule has 0 saturated heterocycles. The highest BCUT2D eigenvalue weighted by Crippen LogP contribution is 2.45. The van der Waals surface area contributed by atoms with Gasteiger partial charge in [0, 0.05) is 41.8 Å². The summed E-state index contributed by atoms with van der Waals surface area (Å²) < 4.78 is 2.51. The number of carbonyl (C=O) groups is 1. The number of nitrogens with one attached hydrogen (secondary N) is 1. The highest BCUT2D eigenvalue weighted by Gasteiger charge is 2.29. The van der Waals surface area contributed by atoms with E-state index in [0.29, 0.717) is 5.92 Å². The molecule has 1 aromatic carbocycles. The molecule has 4 rings (SSSR count). The number of ketones is 1. The Morgan fingerprint density at radius 2 is 1.96 bits per heavy atom. The monoisotopic (exact) mass is 376 g/mol. The largest absolute Gasteiger partial charge is 0.393 e. The molecule has 2 heterocycles. The quantitative estimate of drug-likeness (QED) is 0.648. The van der Waals surface area contributed by atoms with E-state index in [4.69, 9.17) is 0 Å². The predicted molar refractivity (Wildman–Crippen MR) is 118 cm³/mol. The Morgan fingerprint density at radius 3 is 2.64 bits per heavy atom. The minimum atomic E-state index is 0.144. The number of Topliss-reactive ketones (excluding diaryl/α,β-unsaturated/α-hetero) is 1. The summed E-state index contributed by atoms with van der Waals surface area (Å²) in [6.45, 7) is 4.84. The van der Waals surface area contributed by atoms with E-state index in [1.165, 1.54) is 65.4 Å². The number of carbonyl (C=O) groups excluding carboxylic acids is 1.